The van der Waals surface area contributed by atoms with Gasteiger partial charge in [-0.15, -0.1) is 0 Å². The zero-order valence-electron chi connectivity index (χ0n) is 18.3. The van der Waals surface area contributed by atoms with Gasteiger partial charge in [0.15, 0.2) is 11.5 Å². The van der Waals surface area contributed by atoms with Crippen LogP contribution in [0.25, 0.3) is 0 Å². The zero-order valence-corrected chi connectivity index (χ0v) is 20.5. The summed E-state index contributed by atoms with van der Waals surface area (Å²) in [4.78, 5) is 69.5. The molecule has 1 atom stereocenters. The summed E-state index contributed by atoms with van der Waals surface area (Å²) in [6.45, 7) is 0.242. The van der Waals surface area contributed by atoms with Gasteiger partial charge in [-0.2, -0.15) is 4.98 Å². The van der Waals surface area contributed by atoms with E-state index < -0.39 is 42.3 Å². The van der Waals surface area contributed by atoms with Gasteiger partial charge in [0, 0.05) is 17.2 Å². The topological polar surface area (TPSA) is 226 Å². The summed E-state index contributed by atoms with van der Waals surface area (Å²) < 4.78 is 0. The van der Waals surface area contributed by atoms with Gasteiger partial charge in [-0.1, -0.05) is 0 Å². The maximum absolute atomic E-state index is 12.3. The Balaban J connectivity index is 0.00000432. The second-order valence-corrected chi connectivity index (χ2v) is 7.22. The van der Waals surface area contributed by atoms with Crippen molar-refractivity contribution in [2.24, 2.45) is 4.99 Å². The number of benzene rings is 1. The molecule has 14 nitrogen and oxygen atoms in total. The number of aliphatic carboxylic acids is 2. The Morgan fingerprint density at radius 2 is 1.91 bits per heavy atom. The first kappa shape index (κ1) is 27.8. The number of hydrogen-bond acceptors (Lipinski definition) is 11. The van der Waals surface area contributed by atoms with Crippen LogP contribution in [0.15, 0.2) is 34.1 Å². The van der Waals surface area contributed by atoms with E-state index in [1.165, 1.54) is 29.2 Å². The molecule has 1 aliphatic heterocycles. The largest absolute Gasteiger partial charge is 2.00 e. The van der Waals surface area contributed by atoms with Crippen molar-refractivity contribution in [2.75, 3.05) is 29.0 Å². The van der Waals surface area contributed by atoms with Gasteiger partial charge >= 0.3 is 37.7 Å². The maximum Gasteiger partial charge on any atom is 2.00 e. The maximum atomic E-state index is 12.3. The van der Waals surface area contributed by atoms with E-state index in [1.54, 1.807) is 0 Å². The minimum Gasteiger partial charge on any atom is -0.550 e. The molecule has 0 radical (unpaired) electrons. The predicted molar refractivity (Wildman–Crippen MR) is 121 cm³/mol. The number of hydrogen-bond donors (Lipinski definition) is 4. The van der Waals surface area contributed by atoms with Crippen LogP contribution in [0.1, 0.15) is 23.2 Å². The van der Waals surface area contributed by atoms with E-state index in [0.29, 0.717) is 17.8 Å². The summed E-state index contributed by atoms with van der Waals surface area (Å²) in [5.41, 5.74) is 5.95. The van der Waals surface area contributed by atoms with Crippen molar-refractivity contribution in [3.05, 3.63) is 40.2 Å². The third kappa shape index (κ3) is 7.24. The molecular formula is C20H19CaN7O7. The number of carbonyl (C=O) groups excluding carboxylic acids is 4. The fourth-order valence-electron chi connectivity index (χ4n) is 3.13. The van der Waals surface area contributed by atoms with E-state index in [-0.39, 0.29) is 73.8 Å². The molecule has 1 aromatic heterocycles. The molecule has 3 rings (SSSR count). The Labute approximate surface area is 227 Å². The molecule has 1 aromatic carbocycles. The van der Waals surface area contributed by atoms with E-state index in [0.717, 1.165) is 0 Å². The number of nitrogens with one attached hydrogen (secondary N) is 3. The van der Waals surface area contributed by atoms with Crippen LogP contribution in [-0.4, -0.2) is 96.8 Å². The molecule has 2 amide bonds. The van der Waals surface area contributed by atoms with Crippen molar-refractivity contribution in [2.45, 2.75) is 18.9 Å². The van der Waals surface area contributed by atoms with Gasteiger partial charge in [-0.3, -0.25) is 19.4 Å². The minimum absolute atomic E-state index is 0. The van der Waals surface area contributed by atoms with E-state index in [4.69, 9.17) is 5.73 Å². The number of anilines is 3. The van der Waals surface area contributed by atoms with Gasteiger partial charge < -0.3 is 41.1 Å². The van der Waals surface area contributed by atoms with Gasteiger partial charge in [0.2, 0.25) is 12.4 Å². The number of aliphatic imine (C=N–C) groups is 1. The number of aromatic nitrogens is 2. The van der Waals surface area contributed by atoms with Crippen LogP contribution in [-0.2, 0) is 14.4 Å². The van der Waals surface area contributed by atoms with Crippen LogP contribution in [0, 0.1) is 0 Å². The molecule has 1 aliphatic rings. The molecule has 0 fully saturated rings. The van der Waals surface area contributed by atoms with Crippen LogP contribution in [0.2, 0.25) is 0 Å². The summed E-state index contributed by atoms with van der Waals surface area (Å²) in [7, 11) is 0. The van der Waals surface area contributed by atoms with Crippen LogP contribution in [0.4, 0.5) is 23.1 Å². The molecule has 0 saturated heterocycles. The van der Waals surface area contributed by atoms with Gasteiger partial charge in [0.05, 0.1) is 30.8 Å². The minimum atomic E-state index is -1.63. The van der Waals surface area contributed by atoms with Crippen molar-refractivity contribution in [3.8, 4) is 0 Å². The first-order valence-electron chi connectivity index (χ1n) is 9.91. The van der Waals surface area contributed by atoms with Crippen molar-refractivity contribution < 1.29 is 29.4 Å². The standard InChI is InChI=1S/C20H21N7O7.Ca/c21-20-25-16-15(18(32)26-20)23-11(7-22-16)8-27(9-28)12-3-1-10(2-4-12)17(31)24-13(19(33)34)5-6-14(29)30;/h1-4,9,13H,5-8H2,(H,24,31)(H,29,30)(H,33,34)(H4,21,22,25,26,32);/q;+2/p-2/t13-;/m0./s1. The van der Waals surface area contributed by atoms with Crippen molar-refractivity contribution >= 4 is 90.8 Å². The zero-order chi connectivity index (χ0) is 24.8. The Kier molecular flexibility index (Phi) is 9.74. The molecule has 0 unspecified atom stereocenters. The quantitative estimate of drug-likeness (QED) is 0.183. The molecule has 0 bridgehead atoms. The first-order chi connectivity index (χ1) is 16.2. The number of fused-ring (bicyclic) bond motifs is 1. The molecule has 0 aliphatic carbocycles. The third-order valence-electron chi connectivity index (χ3n) is 4.81. The molecule has 0 spiro atoms. The number of rotatable bonds is 10. The number of aromatic amines is 1. The number of nitrogens with zero attached hydrogens (tertiary/aromatic N) is 3. The van der Waals surface area contributed by atoms with Gasteiger partial charge in [-0.25, -0.2) is 4.99 Å². The molecule has 0 saturated carbocycles. The summed E-state index contributed by atoms with van der Waals surface area (Å²) in [6, 6.07) is 4.13. The SMILES string of the molecule is Nc1nc2c(c(=O)[nH]1)N=C(CN(C=O)c1ccc(C(=O)N[C@@H](CCC(=O)[O-])C(=O)[O-])cc1)CN2.[Ca+2]. The van der Waals surface area contributed by atoms with Crippen LogP contribution < -0.4 is 37.0 Å². The third-order valence-corrected chi connectivity index (χ3v) is 4.81. The van der Waals surface area contributed by atoms with Crippen molar-refractivity contribution in [1.82, 2.24) is 15.3 Å². The van der Waals surface area contributed by atoms with Gasteiger partial charge in [0.25, 0.3) is 11.5 Å². The van der Waals surface area contributed by atoms with Gasteiger partial charge in [0.1, 0.15) is 0 Å². The Bertz CT molecular complexity index is 1210. The van der Waals surface area contributed by atoms with Crippen molar-refractivity contribution in [3.63, 3.8) is 0 Å². The smallest absolute Gasteiger partial charge is 0.550 e. The second kappa shape index (κ2) is 12.3. The number of carboxylic acids is 2. The summed E-state index contributed by atoms with van der Waals surface area (Å²) in [5.74, 6) is -3.67. The monoisotopic (exact) mass is 509 g/mol. The van der Waals surface area contributed by atoms with Gasteiger partial charge in [-0.05, 0) is 37.1 Å². The van der Waals surface area contributed by atoms with Crippen molar-refractivity contribution in [1.29, 1.82) is 0 Å². The number of H-pyrrole nitrogens is 1. The van der Waals surface area contributed by atoms with Crippen LogP contribution >= 0.6 is 0 Å². The predicted octanol–water partition coefficient (Wildman–Crippen LogP) is -3.49. The Hall–Kier alpha value is -3.49. The molecule has 5 N–H and O–H groups in total. The number of nitrogens with two attached hydrogens (primary N) is 1. The molecule has 2 aromatic rings. The fraction of sp³-hybridized carbons (Fsp3) is 0.250. The van der Waals surface area contributed by atoms with Crippen LogP contribution in [0.3, 0.4) is 0 Å². The summed E-state index contributed by atoms with van der Waals surface area (Å²) in [6.07, 6.45) is -0.410. The molecule has 2 heterocycles. The molecule has 15 heteroatoms. The number of carbonyl (C=O) groups is 4. The first-order valence-corrected chi connectivity index (χ1v) is 9.91. The van der Waals surface area contributed by atoms with E-state index in [9.17, 15) is 34.2 Å². The van der Waals surface area contributed by atoms with E-state index in [2.05, 4.69) is 25.6 Å². The number of nitrogen functional groups attached to an aromatic ring is 1. The normalized spacial score (nSPS) is 12.6. The Morgan fingerprint density at radius 1 is 1.23 bits per heavy atom. The number of amides is 2. The fourth-order valence-corrected chi connectivity index (χ4v) is 3.13. The average molecular weight is 509 g/mol. The average Bonchev–Trinajstić information content (AvgIpc) is 2.80. The molecule has 178 valence electrons. The molecule has 35 heavy (non-hydrogen) atoms. The van der Waals surface area contributed by atoms with E-state index >= 15 is 0 Å². The Morgan fingerprint density at radius 3 is 2.51 bits per heavy atom. The number of carboxylic acid groups (broad SMARTS) is 2. The second-order valence-electron chi connectivity index (χ2n) is 7.22. The summed E-state index contributed by atoms with van der Waals surface area (Å²) >= 11 is 0. The summed E-state index contributed by atoms with van der Waals surface area (Å²) in [5, 5.41) is 26.8. The van der Waals surface area contributed by atoms with Crippen LogP contribution in [0.5, 0.6) is 0 Å². The molecular weight excluding hydrogens is 490 g/mol. The van der Waals surface area contributed by atoms with E-state index in [1.807, 2.05) is 0 Å².